The van der Waals surface area contributed by atoms with Crippen molar-refractivity contribution in [1.82, 2.24) is 9.88 Å². The van der Waals surface area contributed by atoms with E-state index in [1.54, 1.807) is 12.1 Å². The van der Waals surface area contributed by atoms with Gasteiger partial charge in [-0.25, -0.2) is 9.78 Å². The molecule has 1 aliphatic heterocycles. The monoisotopic (exact) mass is 324 g/mol. The van der Waals surface area contributed by atoms with Crippen LogP contribution in [0.25, 0.3) is 0 Å². The lowest BCUT2D eigenvalue weighted by atomic mass is 10.0. The van der Waals surface area contributed by atoms with Crippen molar-refractivity contribution in [2.45, 2.75) is 32.2 Å². The fraction of sp³-hybridized carbons (Fsp3) is 0.316. The van der Waals surface area contributed by atoms with Crippen LogP contribution in [0, 0.1) is 6.92 Å². The van der Waals surface area contributed by atoms with E-state index in [-0.39, 0.29) is 23.3 Å². The maximum absolute atomic E-state index is 12.7. The van der Waals surface area contributed by atoms with Crippen molar-refractivity contribution in [3.63, 3.8) is 0 Å². The van der Waals surface area contributed by atoms with Crippen LogP contribution < -0.4 is 0 Å². The molecule has 1 unspecified atom stereocenters. The number of aromatic nitrogens is 1. The highest BCUT2D eigenvalue weighted by Gasteiger charge is 2.30. The summed E-state index contributed by atoms with van der Waals surface area (Å²) in [5, 5.41) is 9.04. The summed E-state index contributed by atoms with van der Waals surface area (Å²) in [5.41, 5.74) is 2.52. The summed E-state index contributed by atoms with van der Waals surface area (Å²) in [6.45, 7) is 2.74. The molecular formula is C19H20N2O3. The normalized spacial score (nSPS) is 17.0. The van der Waals surface area contributed by atoms with Crippen LogP contribution in [0.5, 0.6) is 0 Å². The number of nitrogens with zero attached hydrogens (tertiary/aromatic N) is 2. The third-order valence-corrected chi connectivity index (χ3v) is 4.42. The van der Waals surface area contributed by atoms with Gasteiger partial charge in [-0.15, -0.1) is 0 Å². The minimum absolute atomic E-state index is 0.102. The molecule has 124 valence electrons. The second kappa shape index (κ2) is 6.83. The van der Waals surface area contributed by atoms with Crippen LogP contribution in [-0.2, 0) is 6.42 Å². The molecule has 0 spiro atoms. The fourth-order valence-corrected chi connectivity index (χ4v) is 3.13. The Balaban J connectivity index is 1.77. The molecule has 1 aromatic heterocycles. The van der Waals surface area contributed by atoms with E-state index < -0.39 is 5.97 Å². The number of benzene rings is 1. The van der Waals surface area contributed by atoms with Gasteiger partial charge in [0, 0.05) is 12.6 Å². The number of hydrogen-bond donors (Lipinski definition) is 1. The van der Waals surface area contributed by atoms with Crippen molar-refractivity contribution in [1.29, 1.82) is 0 Å². The van der Waals surface area contributed by atoms with Crippen molar-refractivity contribution in [3.05, 3.63) is 65.0 Å². The Morgan fingerprint density at radius 3 is 2.58 bits per heavy atom. The minimum atomic E-state index is -1.12. The van der Waals surface area contributed by atoms with Crippen LogP contribution in [0.1, 0.15) is 44.9 Å². The summed E-state index contributed by atoms with van der Waals surface area (Å²) < 4.78 is 0. The highest BCUT2D eigenvalue weighted by Crippen LogP contribution is 2.23. The standard InChI is InChI=1S/C19H20N2O3/c1-13-7-9-14(10-8-13)12-15-4-3-11-21(15)18(22)16-5-2-6-17(20-16)19(23)24/h2,5-10,15H,3-4,11-12H2,1H3,(H,23,24). The van der Waals surface area contributed by atoms with E-state index in [0.717, 1.165) is 19.3 Å². The second-order valence-corrected chi connectivity index (χ2v) is 6.20. The van der Waals surface area contributed by atoms with Gasteiger partial charge in [0.2, 0.25) is 0 Å². The van der Waals surface area contributed by atoms with Gasteiger partial charge in [-0.3, -0.25) is 4.79 Å². The Hall–Kier alpha value is -2.69. The first kappa shape index (κ1) is 16.2. The highest BCUT2D eigenvalue weighted by molar-refractivity contribution is 5.94. The summed E-state index contributed by atoms with van der Waals surface area (Å²) >= 11 is 0. The van der Waals surface area contributed by atoms with Crippen LogP contribution in [0.15, 0.2) is 42.5 Å². The van der Waals surface area contributed by atoms with Crippen LogP contribution in [0.3, 0.4) is 0 Å². The van der Waals surface area contributed by atoms with Crippen molar-refractivity contribution in [3.8, 4) is 0 Å². The van der Waals surface area contributed by atoms with Gasteiger partial charge in [0.05, 0.1) is 0 Å². The SMILES string of the molecule is Cc1ccc(CC2CCCN2C(=O)c2cccc(C(=O)O)n2)cc1. The molecular weight excluding hydrogens is 304 g/mol. The molecule has 24 heavy (non-hydrogen) atoms. The van der Waals surface area contributed by atoms with Crippen LogP contribution >= 0.6 is 0 Å². The molecule has 5 heteroatoms. The zero-order valence-corrected chi connectivity index (χ0v) is 13.6. The van der Waals surface area contributed by atoms with E-state index in [1.165, 1.54) is 17.2 Å². The number of carboxylic acids is 1. The fourth-order valence-electron chi connectivity index (χ4n) is 3.13. The van der Waals surface area contributed by atoms with Crippen LogP contribution in [0.4, 0.5) is 0 Å². The van der Waals surface area contributed by atoms with Crippen molar-refractivity contribution >= 4 is 11.9 Å². The zero-order valence-electron chi connectivity index (χ0n) is 13.6. The number of aromatic carboxylic acids is 1. The van der Waals surface area contributed by atoms with Gasteiger partial charge in [0.1, 0.15) is 11.4 Å². The molecule has 3 rings (SSSR count). The minimum Gasteiger partial charge on any atom is -0.477 e. The first-order chi connectivity index (χ1) is 11.5. The number of carboxylic acid groups (broad SMARTS) is 1. The molecule has 2 heterocycles. The first-order valence-corrected chi connectivity index (χ1v) is 8.11. The molecule has 1 fully saturated rings. The third-order valence-electron chi connectivity index (χ3n) is 4.42. The lowest BCUT2D eigenvalue weighted by molar-refractivity contribution is 0.0689. The Morgan fingerprint density at radius 1 is 1.17 bits per heavy atom. The van der Waals surface area contributed by atoms with E-state index in [4.69, 9.17) is 5.11 Å². The molecule has 0 aliphatic carbocycles. The van der Waals surface area contributed by atoms with Gasteiger partial charge in [-0.2, -0.15) is 0 Å². The second-order valence-electron chi connectivity index (χ2n) is 6.20. The molecule has 1 N–H and O–H groups in total. The predicted octanol–water partition coefficient (Wildman–Crippen LogP) is 2.94. The topological polar surface area (TPSA) is 70.5 Å². The number of aryl methyl sites for hydroxylation is 1. The Morgan fingerprint density at radius 2 is 1.88 bits per heavy atom. The van der Waals surface area contributed by atoms with Gasteiger partial charge >= 0.3 is 5.97 Å². The average Bonchev–Trinajstić information content (AvgIpc) is 3.04. The molecule has 0 bridgehead atoms. The predicted molar refractivity (Wildman–Crippen MR) is 90.1 cm³/mol. The molecule has 0 radical (unpaired) electrons. The van der Waals surface area contributed by atoms with E-state index in [1.807, 2.05) is 4.90 Å². The maximum Gasteiger partial charge on any atom is 0.354 e. The number of hydrogen-bond acceptors (Lipinski definition) is 3. The van der Waals surface area contributed by atoms with Crippen molar-refractivity contribution in [2.75, 3.05) is 6.54 Å². The zero-order chi connectivity index (χ0) is 17.1. The number of carbonyl (C=O) groups excluding carboxylic acids is 1. The van der Waals surface area contributed by atoms with E-state index in [0.29, 0.717) is 6.54 Å². The Labute approximate surface area is 140 Å². The average molecular weight is 324 g/mol. The van der Waals surface area contributed by atoms with E-state index in [2.05, 4.69) is 36.2 Å². The van der Waals surface area contributed by atoms with Gasteiger partial charge < -0.3 is 10.0 Å². The molecule has 1 atom stereocenters. The smallest absolute Gasteiger partial charge is 0.354 e. The van der Waals surface area contributed by atoms with Gasteiger partial charge in [0.15, 0.2) is 0 Å². The first-order valence-electron chi connectivity index (χ1n) is 8.11. The van der Waals surface area contributed by atoms with Crippen LogP contribution in [-0.4, -0.2) is 39.5 Å². The molecule has 0 saturated carbocycles. The molecule has 1 aliphatic rings. The molecule has 2 aromatic rings. The van der Waals surface area contributed by atoms with E-state index >= 15 is 0 Å². The Bertz CT molecular complexity index is 755. The third kappa shape index (κ3) is 3.45. The van der Waals surface area contributed by atoms with Gasteiger partial charge in [-0.1, -0.05) is 35.9 Å². The number of carbonyl (C=O) groups is 2. The van der Waals surface area contributed by atoms with Crippen molar-refractivity contribution < 1.29 is 14.7 Å². The summed E-state index contributed by atoms with van der Waals surface area (Å²) in [7, 11) is 0. The molecule has 5 nitrogen and oxygen atoms in total. The summed E-state index contributed by atoms with van der Waals surface area (Å²) in [5.74, 6) is -1.31. The molecule has 1 amide bonds. The Kier molecular flexibility index (Phi) is 4.60. The van der Waals surface area contributed by atoms with Gasteiger partial charge in [0.25, 0.3) is 5.91 Å². The largest absolute Gasteiger partial charge is 0.477 e. The summed E-state index contributed by atoms with van der Waals surface area (Å²) in [6.07, 6.45) is 2.73. The van der Waals surface area contributed by atoms with Crippen LogP contribution in [0.2, 0.25) is 0 Å². The van der Waals surface area contributed by atoms with E-state index in [9.17, 15) is 9.59 Å². The van der Waals surface area contributed by atoms with Gasteiger partial charge in [-0.05, 0) is 43.9 Å². The quantitative estimate of drug-likeness (QED) is 0.938. The number of likely N-dealkylation sites (tertiary alicyclic amines) is 1. The lowest BCUT2D eigenvalue weighted by Crippen LogP contribution is -2.37. The lowest BCUT2D eigenvalue weighted by Gasteiger charge is -2.24. The molecule has 1 aromatic carbocycles. The maximum atomic E-state index is 12.7. The number of amides is 1. The number of pyridine rings is 1. The van der Waals surface area contributed by atoms with Crippen molar-refractivity contribution in [2.24, 2.45) is 0 Å². The summed E-state index contributed by atoms with van der Waals surface area (Å²) in [6, 6.07) is 13.0. The highest BCUT2D eigenvalue weighted by atomic mass is 16.4. The summed E-state index contributed by atoms with van der Waals surface area (Å²) in [4.78, 5) is 29.6. The number of rotatable bonds is 4. The molecule has 1 saturated heterocycles.